The Morgan fingerprint density at radius 1 is 1.42 bits per heavy atom. The fourth-order valence-electron chi connectivity index (χ4n) is 3.06. The summed E-state index contributed by atoms with van der Waals surface area (Å²) in [5, 5.41) is 3.42. The summed E-state index contributed by atoms with van der Waals surface area (Å²) in [5.74, 6) is 1.32. The first-order valence-corrected chi connectivity index (χ1v) is 8.34. The Morgan fingerprint density at radius 2 is 2.11 bits per heavy atom. The summed E-state index contributed by atoms with van der Waals surface area (Å²) in [6, 6.07) is 0. The minimum absolute atomic E-state index is 0.0509. The number of hydrogen-bond donors (Lipinski definition) is 1. The lowest BCUT2D eigenvalue weighted by molar-refractivity contribution is 0.143. The molecule has 1 saturated carbocycles. The fourth-order valence-corrected chi connectivity index (χ4v) is 4.22. The molecule has 3 unspecified atom stereocenters. The molecule has 1 aliphatic carbocycles. The van der Waals surface area contributed by atoms with Gasteiger partial charge in [0.25, 0.3) is 0 Å². The maximum Gasteiger partial charge on any atom is 0.0946 e. The Bertz CT molecular complexity index is 432. The van der Waals surface area contributed by atoms with Crippen LogP contribution in [0.5, 0.6) is 0 Å². The van der Waals surface area contributed by atoms with E-state index in [1.165, 1.54) is 23.5 Å². The highest BCUT2D eigenvalue weighted by atomic mass is 32.1. The first kappa shape index (κ1) is 15.0. The molecule has 1 aromatic rings. The molecule has 1 aromatic heterocycles. The molecule has 2 nitrogen and oxygen atoms in total. The normalized spacial score (nSPS) is 32.5. The van der Waals surface area contributed by atoms with Crippen LogP contribution in [-0.2, 0) is 11.8 Å². The lowest BCUT2D eigenvalue weighted by Crippen LogP contribution is -2.52. The average molecular weight is 280 g/mol. The molecule has 0 amide bonds. The van der Waals surface area contributed by atoms with Crippen molar-refractivity contribution in [3.63, 3.8) is 0 Å². The highest BCUT2D eigenvalue weighted by Crippen LogP contribution is 2.38. The molecule has 0 aliphatic heterocycles. The number of aromatic nitrogens is 1. The Balaban J connectivity index is 2.14. The molecule has 1 aliphatic rings. The summed E-state index contributed by atoms with van der Waals surface area (Å²) in [7, 11) is 0. The quantitative estimate of drug-likeness (QED) is 0.884. The van der Waals surface area contributed by atoms with E-state index in [0.29, 0.717) is 5.92 Å². The SMILES string of the molecule is CC1CCCC(N)(Cc2nc(C(C)(C)C)cs2)C1C. The van der Waals surface area contributed by atoms with Gasteiger partial charge in [-0.15, -0.1) is 11.3 Å². The molecule has 0 radical (unpaired) electrons. The molecular formula is C16H28N2S. The van der Waals surface area contributed by atoms with Gasteiger partial charge in [0, 0.05) is 22.8 Å². The molecule has 1 heterocycles. The Kier molecular flexibility index (Phi) is 4.08. The van der Waals surface area contributed by atoms with Crippen molar-refractivity contribution in [2.45, 2.75) is 71.3 Å². The van der Waals surface area contributed by atoms with Gasteiger partial charge in [-0.05, 0) is 18.3 Å². The summed E-state index contributed by atoms with van der Waals surface area (Å²) in [4.78, 5) is 4.82. The fraction of sp³-hybridized carbons (Fsp3) is 0.812. The second kappa shape index (κ2) is 5.17. The van der Waals surface area contributed by atoms with Crippen LogP contribution >= 0.6 is 11.3 Å². The van der Waals surface area contributed by atoms with Crippen molar-refractivity contribution >= 4 is 11.3 Å². The zero-order valence-corrected chi connectivity index (χ0v) is 13.8. The highest BCUT2D eigenvalue weighted by Gasteiger charge is 2.39. The third-order valence-corrected chi connectivity index (χ3v) is 5.71. The molecule has 0 bridgehead atoms. The van der Waals surface area contributed by atoms with Gasteiger partial charge in [0.2, 0.25) is 0 Å². The van der Waals surface area contributed by atoms with E-state index < -0.39 is 0 Å². The minimum Gasteiger partial charge on any atom is -0.324 e. The minimum atomic E-state index is -0.0509. The summed E-state index contributed by atoms with van der Waals surface area (Å²) in [6.45, 7) is 11.3. The van der Waals surface area contributed by atoms with Crippen LogP contribution in [-0.4, -0.2) is 10.5 Å². The predicted molar refractivity (Wildman–Crippen MR) is 83.6 cm³/mol. The average Bonchev–Trinajstić information content (AvgIpc) is 2.74. The molecule has 3 atom stereocenters. The van der Waals surface area contributed by atoms with Crippen LogP contribution in [0.3, 0.4) is 0 Å². The number of nitrogens with two attached hydrogens (primary N) is 1. The summed E-state index contributed by atoms with van der Waals surface area (Å²) in [6.07, 6.45) is 4.67. The zero-order chi connectivity index (χ0) is 14.3. The summed E-state index contributed by atoms with van der Waals surface area (Å²) < 4.78 is 0. The van der Waals surface area contributed by atoms with E-state index in [0.717, 1.165) is 18.8 Å². The molecule has 19 heavy (non-hydrogen) atoms. The highest BCUT2D eigenvalue weighted by molar-refractivity contribution is 7.09. The number of thiazole rings is 1. The van der Waals surface area contributed by atoms with Crippen molar-refractivity contribution in [2.24, 2.45) is 17.6 Å². The van der Waals surface area contributed by atoms with E-state index in [2.05, 4.69) is 40.0 Å². The van der Waals surface area contributed by atoms with Crippen LogP contribution in [0.15, 0.2) is 5.38 Å². The maximum absolute atomic E-state index is 6.71. The molecule has 1 fully saturated rings. The first-order valence-electron chi connectivity index (χ1n) is 7.46. The molecule has 0 saturated heterocycles. The smallest absolute Gasteiger partial charge is 0.0946 e. The molecule has 0 aromatic carbocycles. The van der Waals surface area contributed by atoms with E-state index in [4.69, 9.17) is 10.7 Å². The van der Waals surface area contributed by atoms with E-state index in [-0.39, 0.29) is 11.0 Å². The van der Waals surface area contributed by atoms with Crippen molar-refractivity contribution in [1.82, 2.24) is 4.98 Å². The standard InChI is InChI=1S/C16H28N2S/c1-11-7-6-8-16(17,12(11)2)9-14-18-13(10-19-14)15(3,4)5/h10-12H,6-9,17H2,1-5H3. The molecule has 0 spiro atoms. The Hall–Kier alpha value is -0.410. The monoisotopic (exact) mass is 280 g/mol. The number of rotatable bonds is 2. The van der Waals surface area contributed by atoms with Crippen molar-refractivity contribution in [3.8, 4) is 0 Å². The third-order valence-electron chi connectivity index (χ3n) is 4.86. The third kappa shape index (κ3) is 3.19. The van der Waals surface area contributed by atoms with Crippen molar-refractivity contribution < 1.29 is 0 Å². The van der Waals surface area contributed by atoms with Crippen LogP contribution in [0.25, 0.3) is 0 Å². The van der Waals surface area contributed by atoms with Gasteiger partial charge in [0.15, 0.2) is 0 Å². The van der Waals surface area contributed by atoms with Crippen LogP contribution in [0.1, 0.15) is 64.6 Å². The van der Waals surface area contributed by atoms with Gasteiger partial charge in [-0.1, -0.05) is 47.5 Å². The molecule has 2 N–H and O–H groups in total. The number of hydrogen-bond acceptors (Lipinski definition) is 3. The van der Waals surface area contributed by atoms with E-state index >= 15 is 0 Å². The van der Waals surface area contributed by atoms with Crippen LogP contribution < -0.4 is 5.73 Å². The zero-order valence-electron chi connectivity index (χ0n) is 13.0. The lowest BCUT2D eigenvalue weighted by Gasteiger charge is -2.43. The molecule has 2 rings (SSSR count). The van der Waals surface area contributed by atoms with Gasteiger partial charge in [-0.2, -0.15) is 0 Å². The predicted octanol–water partition coefficient (Wildman–Crippen LogP) is 4.14. The first-order chi connectivity index (χ1) is 8.72. The van der Waals surface area contributed by atoms with Crippen molar-refractivity contribution in [1.29, 1.82) is 0 Å². The molecule has 108 valence electrons. The van der Waals surface area contributed by atoms with Gasteiger partial charge in [0.1, 0.15) is 0 Å². The van der Waals surface area contributed by atoms with Gasteiger partial charge in [-0.3, -0.25) is 0 Å². The second-order valence-electron chi connectivity index (χ2n) is 7.44. The second-order valence-corrected chi connectivity index (χ2v) is 8.39. The molecule has 3 heteroatoms. The van der Waals surface area contributed by atoms with Crippen molar-refractivity contribution in [3.05, 3.63) is 16.1 Å². The lowest BCUT2D eigenvalue weighted by atomic mass is 9.67. The van der Waals surface area contributed by atoms with Crippen molar-refractivity contribution in [2.75, 3.05) is 0 Å². The van der Waals surface area contributed by atoms with E-state index in [1.807, 2.05) is 0 Å². The number of nitrogens with zero attached hydrogens (tertiary/aromatic N) is 1. The van der Waals surface area contributed by atoms with Gasteiger partial charge in [-0.25, -0.2) is 4.98 Å². The molecular weight excluding hydrogens is 252 g/mol. The van der Waals surface area contributed by atoms with E-state index in [9.17, 15) is 0 Å². The van der Waals surface area contributed by atoms with E-state index in [1.54, 1.807) is 11.3 Å². The topological polar surface area (TPSA) is 38.9 Å². The summed E-state index contributed by atoms with van der Waals surface area (Å²) >= 11 is 1.78. The van der Waals surface area contributed by atoms with Gasteiger partial charge < -0.3 is 5.73 Å². The Morgan fingerprint density at radius 3 is 2.68 bits per heavy atom. The largest absolute Gasteiger partial charge is 0.324 e. The van der Waals surface area contributed by atoms with Crippen LogP contribution in [0.2, 0.25) is 0 Å². The van der Waals surface area contributed by atoms with Gasteiger partial charge >= 0.3 is 0 Å². The maximum atomic E-state index is 6.71. The van der Waals surface area contributed by atoms with Crippen LogP contribution in [0, 0.1) is 11.8 Å². The van der Waals surface area contributed by atoms with Crippen LogP contribution in [0.4, 0.5) is 0 Å². The van der Waals surface area contributed by atoms with Gasteiger partial charge in [0.05, 0.1) is 10.7 Å². The Labute approximate surface area is 121 Å². The summed E-state index contributed by atoms with van der Waals surface area (Å²) in [5.41, 5.74) is 8.00.